The molecule has 0 aliphatic heterocycles. The van der Waals surface area contributed by atoms with Crippen molar-refractivity contribution in [3.05, 3.63) is 29.6 Å². The number of nitrogens with zero attached hydrogens (tertiary/aromatic N) is 2. The van der Waals surface area contributed by atoms with E-state index in [0.717, 1.165) is 16.9 Å². The first-order valence-corrected chi connectivity index (χ1v) is 5.44. The Kier molecular flexibility index (Phi) is 3.10. The van der Waals surface area contributed by atoms with E-state index in [1.807, 2.05) is 32.0 Å². The highest BCUT2D eigenvalue weighted by Gasteiger charge is 2.09. The zero-order chi connectivity index (χ0) is 12.4. The number of aromatic amines is 1. The predicted octanol–water partition coefficient (Wildman–Crippen LogP) is 1.81. The molecule has 0 radical (unpaired) electrons. The molecule has 5 heteroatoms. The van der Waals surface area contributed by atoms with Gasteiger partial charge in [0.1, 0.15) is 11.6 Å². The van der Waals surface area contributed by atoms with E-state index < -0.39 is 0 Å². The summed E-state index contributed by atoms with van der Waals surface area (Å²) in [5.74, 6) is 2.20. The van der Waals surface area contributed by atoms with Crippen LogP contribution in [0.15, 0.2) is 18.2 Å². The normalized spacial score (nSPS) is 12.5. The number of hydrogen-bond donors (Lipinski definition) is 2. The maximum Gasteiger partial charge on any atom is 0.181 e. The molecular weight excluding hydrogens is 216 g/mol. The minimum Gasteiger partial charge on any atom is -0.496 e. The number of benzene rings is 1. The SMILES string of the molecule is COc1ccc(-c2n[nH]c(C(C)N)n2)cc1C. The summed E-state index contributed by atoms with van der Waals surface area (Å²) < 4.78 is 5.21. The van der Waals surface area contributed by atoms with Crippen LogP contribution in [0.2, 0.25) is 0 Å². The van der Waals surface area contributed by atoms with E-state index in [2.05, 4.69) is 15.2 Å². The molecule has 0 bridgehead atoms. The van der Waals surface area contributed by atoms with Crippen LogP contribution in [0.4, 0.5) is 0 Å². The number of H-pyrrole nitrogens is 1. The molecule has 5 nitrogen and oxygen atoms in total. The molecule has 17 heavy (non-hydrogen) atoms. The van der Waals surface area contributed by atoms with Gasteiger partial charge in [0.25, 0.3) is 0 Å². The van der Waals surface area contributed by atoms with Gasteiger partial charge in [-0.05, 0) is 37.6 Å². The smallest absolute Gasteiger partial charge is 0.181 e. The van der Waals surface area contributed by atoms with Crippen LogP contribution in [0, 0.1) is 6.92 Å². The van der Waals surface area contributed by atoms with Crippen LogP contribution in [0.3, 0.4) is 0 Å². The summed E-state index contributed by atoms with van der Waals surface area (Å²) in [7, 11) is 1.66. The maximum absolute atomic E-state index is 5.73. The molecule has 0 aliphatic rings. The molecular formula is C12H16N4O. The first kappa shape index (κ1) is 11.6. The number of ether oxygens (including phenoxy) is 1. The van der Waals surface area contributed by atoms with Gasteiger partial charge in [0, 0.05) is 5.56 Å². The lowest BCUT2D eigenvalue weighted by Gasteiger charge is -2.04. The van der Waals surface area contributed by atoms with Gasteiger partial charge >= 0.3 is 0 Å². The van der Waals surface area contributed by atoms with Crippen molar-refractivity contribution in [3.8, 4) is 17.1 Å². The molecule has 0 fully saturated rings. The molecule has 0 spiro atoms. The third kappa shape index (κ3) is 2.29. The molecule has 0 aliphatic carbocycles. The van der Waals surface area contributed by atoms with Gasteiger partial charge in [-0.2, -0.15) is 5.10 Å². The van der Waals surface area contributed by atoms with Crippen molar-refractivity contribution in [2.24, 2.45) is 5.73 Å². The van der Waals surface area contributed by atoms with Gasteiger partial charge < -0.3 is 10.5 Å². The molecule has 1 aromatic heterocycles. The zero-order valence-electron chi connectivity index (χ0n) is 10.2. The topological polar surface area (TPSA) is 76.8 Å². The Balaban J connectivity index is 2.36. The Morgan fingerprint density at radius 3 is 2.71 bits per heavy atom. The standard InChI is InChI=1S/C12H16N4O/c1-7-6-9(4-5-10(7)17-3)12-14-11(8(2)13)15-16-12/h4-6,8H,13H2,1-3H3,(H,14,15,16). The lowest BCUT2D eigenvalue weighted by atomic mass is 10.1. The minimum atomic E-state index is -0.143. The van der Waals surface area contributed by atoms with E-state index in [9.17, 15) is 0 Å². The number of rotatable bonds is 3. The van der Waals surface area contributed by atoms with E-state index in [0.29, 0.717) is 11.6 Å². The quantitative estimate of drug-likeness (QED) is 0.846. The fraction of sp³-hybridized carbons (Fsp3) is 0.333. The van der Waals surface area contributed by atoms with Crippen molar-refractivity contribution in [2.45, 2.75) is 19.9 Å². The van der Waals surface area contributed by atoms with Crippen LogP contribution in [0.1, 0.15) is 24.4 Å². The van der Waals surface area contributed by atoms with Gasteiger partial charge in [0.15, 0.2) is 5.82 Å². The average Bonchev–Trinajstić information content (AvgIpc) is 2.78. The second kappa shape index (κ2) is 4.55. The van der Waals surface area contributed by atoms with E-state index in [-0.39, 0.29) is 6.04 Å². The van der Waals surface area contributed by atoms with Gasteiger partial charge in [0.05, 0.1) is 13.2 Å². The molecule has 1 aromatic carbocycles. The number of aromatic nitrogens is 3. The van der Waals surface area contributed by atoms with E-state index >= 15 is 0 Å². The fourth-order valence-electron chi connectivity index (χ4n) is 1.62. The Bertz CT molecular complexity index is 519. The van der Waals surface area contributed by atoms with Crippen molar-refractivity contribution in [2.75, 3.05) is 7.11 Å². The fourth-order valence-corrected chi connectivity index (χ4v) is 1.62. The molecule has 1 heterocycles. The van der Waals surface area contributed by atoms with Crippen molar-refractivity contribution < 1.29 is 4.74 Å². The lowest BCUT2D eigenvalue weighted by Crippen LogP contribution is -2.06. The summed E-state index contributed by atoms with van der Waals surface area (Å²) in [5, 5.41) is 6.98. The van der Waals surface area contributed by atoms with Gasteiger partial charge in [0.2, 0.25) is 0 Å². The molecule has 2 aromatic rings. The monoisotopic (exact) mass is 232 g/mol. The largest absolute Gasteiger partial charge is 0.496 e. The van der Waals surface area contributed by atoms with Gasteiger partial charge in [-0.1, -0.05) is 0 Å². The summed E-state index contributed by atoms with van der Waals surface area (Å²) in [6.07, 6.45) is 0. The first-order chi connectivity index (χ1) is 8.11. The number of methoxy groups -OCH3 is 1. The summed E-state index contributed by atoms with van der Waals surface area (Å²) in [5.41, 5.74) is 7.73. The molecule has 90 valence electrons. The summed E-state index contributed by atoms with van der Waals surface area (Å²) >= 11 is 0. The van der Waals surface area contributed by atoms with E-state index in [1.54, 1.807) is 7.11 Å². The molecule has 0 amide bonds. The van der Waals surface area contributed by atoms with Crippen molar-refractivity contribution >= 4 is 0 Å². The zero-order valence-corrected chi connectivity index (χ0v) is 10.2. The molecule has 1 atom stereocenters. The third-order valence-electron chi connectivity index (χ3n) is 2.59. The highest BCUT2D eigenvalue weighted by molar-refractivity contribution is 5.58. The summed E-state index contributed by atoms with van der Waals surface area (Å²) in [6.45, 7) is 3.85. The van der Waals surface area contributed by atoms with Crippen molar-refractivity contribution in [1.29, 1.82) is 0 Å². The number of aryl methyl sites for hydroxylation is 1. The van der Waals surface area contributed by atoms with E-state index in [1.165, 1.54) is 0 Å². The van der Waals surface area contributed by atoms with Crippen LogP contribution < -0.4 is 10.5 Å². The number of nitrogens with two attached hydrogens (primary N) is 1. The number of nitrogens with one attached hydrogen (secondary N) is 1. The second-order valence-corrected chi connectivity index (χ2v) is 4.02. The van der Waals surface area contributed by atoms with Gasteiger partial charge in [-0.25, -0.2) is 4.98 Å². The molecule has 1 unspecified atom stereocenters. The second-order valence-electron chi connectivity index (χ2n) is 4.02. The summed E-state index contributed by atoms with van der Waals surface area (Å²) in [4.78, 5) is 4.34. The van der Waals surface area contributed by atoms with Crippen LogP contribution in [0.25, 0.3) is 11.4 Å². The van der Waals surface area contributed by atoms with Crippen molar-refractivity contribution in [3.63, 3.8) is 0 Å². The van der Waals surface area contributed by atoms with Gasteiger partial charge in [-0.15, -0.1) is 0 Å². The number of hydrogen-bond acceptors (Lipinski definition) is 4. The summed E-state index contributed by atoms with van der Waals surface area (Å²) in [6, 6.07) is 5.69. The Labute approximate surface area is 100 Å². The van der Waals surface area contributed by atoms with E-state index in [4.69, 9.17) is 10.5 Å². The van der Waals surface area contributed by atoms with Crippen molar-refractivity contribution in [1.82, 2.24) is 15.2 Å². The highest BCUT2D eigenvalue weighted by Crippen LogP contribution is 2.24. The molecule has 3 N–H and O–H groups in total. The lowest BCUT2D eigenvalue weighted by molar-refractivity contribution is 0.412. The minimum absolute atomic E-state index is 0.143. The van der Waals surface area contributed by atoms with Crippen LogP contribution >= 0.6 is 0 Å². The Hall–Kier alpha value is -1.88. The molecule has 2 rings (SSSR count). The average molecular weight is 232 g/mol. The first-order valence-electron chi connectivity index (χ1n) is 5.44. The Morgan fingerprint density at radius 2 is 2.18 bits per heavy atom. The molecule has 0 saturated heterocycles. The van der Waals surface area contributed by atoms with Crippen LogP contribution in [0.5, 0.6) is 5.75 Å². The van der Waals surface area contributed by atoms with Crippen LogP contribution in [-0.2, 0) is 0 Å². The van der Waals surface area contributed by atoms with Crippen LogP contribution in [-0.4, -0.2) is 22.3 Å². The van der Waals surface area contributed by atoms with Gasteiger partial charge in [-0.3, -0.25) is 5.10 Å². The Morgan fingerprint density at radius 1 is 1.41 bits per heavy atom. The molecule has 0 saturated carbocycles. The maximum atomic E-state index is 5.73. The third-order valence-corrected chi connectivity index (χ3v) is 2.59. The predicted molar refractivity (Wildman–Crippen MR) is 65.7 cm³/mol. The highest BCUT2D eigenvalue weighted by atomic mass is 16.5.